The lowest BCUT2D eigenvalue weighted by Crippen LogP contribution is -2.08. The van der Waals surface area contributed by atoms with Gasteiger partial charge in [-0.15, -0.1) is 11.3 Å². The van der Waals surface area contributed by atoms with Crippen molar-refractivity contribution in [1.82, 2.24) is 0 Å². The fourth-order valence-corrected chi connectivity index (χ4v) is 2.55. The largest absolute Gasteiger partial charge is 0.365 e. The summed E-state index contributed by atoms with van der Waals surface area (Å²) in [4.78, 5) is 11.4. The number of thiophene rings is 1. The molecule has 0 aliphatic carbocycles. The highest BCUT2D eigenvalue weighted by Gasteiger charge is 2.13. The van der Waals surface area contributed by atoms with Crippen LogP contribution in [0.3, 0.4) is 0 Å². The molecule has 2 nitrogen and oxygen atoms in total. The number of hydrogen-bond donors (Lipinski definition) is 1. The van der Waals surface area contributed by atoms with Gasteiger partial charge in [0.2, 0.25) is 0 Å². The van der Waals surface area contributed by atoms with Gasteiger partial charge < -0.3 is 5.73 Å². The SMILES string of the molecule is NC(=O)c1sc2ccccc2c1Cl. The van der Waals surface area contributed by atoms with Crippen molar-refractivity contribution < 1.29 is 4.79 Å². The molecule has 13 heavy (non-hydrogen) atoms. The molecule has 66 valence electrons. The zero-order valence-corrected chi connectivity index (χ0v) is 8.15. The van der Waals surface area contributed by atoms with Crippen LogP contribution in [0.5, 0.6) is 0 Å². The third kappa shape index (κ3) is 1.30. The van der Waals surface area contributed by atoms with Gasteiger partial charge in [0.15, 0.2) is 0 Å². The fourth-order valence-electron chi connectivity index (χ4n) is 1.17. The molecular formula is C9H6ClNOS. The number of rotatable bonds is 1. The molecule has 2 aromatic rings. The minimum absolute atomic E-state index is 0.433. The highest BCUT2D eigenvalue weighted by Crippen LogP contribution is 2.34. The molecule has 1 amide bonds. The summed E-state index contributed by atoms with van der Waals surface area (Å²) < 4.78 is 0.987. The highest BCUT2D eigenvalue weighted by molar-refractivity contribution is 7.21. The maximum atomic E-state index is 10.9. The van der Waals surface area contributed by atoms with E-state index >= 15 is 0 Å². The molecular weight excluding hydrogens is 206 g/mol. The van der Waals surface area contributed by atoms with Crippen LogP contribution in [0.4, 0.5) is 0 Å². The number of benzene rings is 1. The summed E-state index contributed by atoms with van der Waals surface area (Å²) >= 11 is 7.29. The Bertz CT molecular complexity index is 477. The smallest absolute Gasteiger partial charge is 0.260 e. The first-order chi connectivity index (χ1) is 6.20. The van der Waals surface area contributed by atoms with Gasteiger partial charge in [-0.1, -0.05) is 29.8 Å². The lowest BCUT2D eigenvalue weighted by Gasteiger charge is -1.88. The van der Waals surface area contributed by atoms with Crippen molar-refractivity contribution in [1.29, 1.82) is 0 Å². The molecule has 0 unspecified atom stereocenters. The van der Waals surface area contributed by atoms with Gasteiger partial charge in [-0.3, -0.25) is 4.79 Å². The number of amides is 1. The normalized spacial score (nSPS) is 10.5. The summed E-state index contributed by atoms with van der Waals surface area (Å²) in [7, 11) is 0. The standard InChI is InChI=1S/C9H6ClNOS/c10-7-5-3-1-2-4-6(5)13-8(7)9(11)12/h1-4H,(H2,11,12). The summed E-state index contributed by atoms with van der Waals surface area (Å²) in [5.41, 5.74) is 5.17. The van der Waals surface area contributed by atoms with E-state index in [1.165, 1.54) is 11.3 Å². The van der Waals surface area contributed by atoms with Crippen molar-refractivity contribution >= 4 is 38.9 Å². The number of fused-ring (bicyclic) bond motifs is 1. The number of primary amides is 1. The van der Waals surface area contributed by atoms with Gasteiger partial charge in [-0.25, -0.2) is 0 Å². The summed E-state index contributed by atoms with van der Waals surface area (Å²) in [5.74, 6) is -0.466. The number of halogens is 1. The van der Waals surface area contributed by atoms with E-state index in [4.69, 9.17) is 17.3 Å². The van der Waals surface area contributed by atoms with Crippen molar-refractivity contribution in [2.45, 2.75) is 0 Å². The van der Waals surface area contributed by atoms with Crippen molar-refractivity contribution in [3.63, 3.8) is 0 Å². The molecule has 1 aromatic heterocycles. The van der Waals surface area contributed by atoms with E-state index in [1.54, 1.807) is 0 Å². The van der Waals surface area contributed by atoms with Crippen LogP contribution in [-0.2, 0) is 0 Å². The zero-order chi connectivity index (χ0) is 9.42. The van der Waals surface area contributed by atoms with Gasteiger partial charge in [0.25, 0.3) is 5.91 Å². The van der Waals surface area contributed by atoms with Crippen LogP contribution in [0, 0.1) is 0 Å². The lowest BCUT2D eigenvalue weighted by molar-refractivity contribution is 0.100. The first-order valence-corrected chi connectivity index (χ1v) is 4.86. The number of carbonyl (C=O) groups is 1. The van der Waals surface area contributed by atoms with Gasteiger partial charge in [0.1, 0.15) is 4.88 Å². The van der Waals surface area contributed by atoms with Crippen molar-refractivity contribution in [3.8, 4) is 0 Å². The Balaban J connectivity index is 2.81. The fraction of sp³-hybridized carbons (Fsp3) is 0. The van der Waals surface area contributed by atoms with Gasteiger partial charge in [0.05, 0.1) is 5.02 Å². The average Bonchev–Trinajstić information content (AvgIpc) is 2.45. The lowest BCUT2D eigenvalue weighted by atomic mass is 10.2. The Labute approximate surface area is 83.9 Å². The minimum atomic E-state index is -0.466. The topological polar surface area (TPSA) is 43.1 Å². The van der Waals surface area contributed by atoms with Crippen LogP contribution in [0.25, 0.3) is 10.1 Å². The van der Waals surface area contributed by atoms with Crippen LogP contribution >= 0.6 is 22.9 Å². The van der Waals surface area contributed by atoms with Crippen molar-refractivity contribution in [2.24, 2.45) is 5.73 Å². The molecule has 1 heterocycles. The van der Waals surface area contributed by atoms with Crippen LogP contribution in [0.1, 0.15) is 9.67 Å². The summed E-state index contributed by atoms with van der Waals surface area (Å²) in [5, 5.41) is 1.36. The molecule has 0 spiro atoms. The summed E-state index contributed by atoms with van der Waals surface area (Å²) in [6.45, 7) is 0. The Morgan fingerprint density at radius 1 is 1.38 bits per heavy atom. The molecule has 0 saturated carbocycles. The molecule has 0 fully saturated rings. The molecule has 0 aliphatic heterocycles. The second kappa shape index (κ2) is 3.01. The van der Waals surface area contributed by atoms with Crippen LogP contribution < -0.4 is 5.73 Å². The molecule has 2 N–H and O–H groups in total. The molecule has 1 aromatic carbocycles. The quantitative estimate of drug-likeness (QED) is 0.774. The number of hydrogen-bond acceptors (Lipinski definition) is 2. The Kier molecular flexibility index (Phi) is 1.98. The van der Waals surface area contributed by atoms with Gasteiger partial charge in [0, 0.05) is 10.1 Å². The predicted molar refractivity (Wildman–Crippen MR) is 55.4 cm³/mol. The van der Waals surface area contributed by atoms with Crippen molar-refractivity contribution in [3.05, 3.63) is 34.2 Å². The molecule has 0 aliphatic rings. The van der Waals surface area contributed by atoms with Gasteiger partial charge >= 0.3 is 0 Å². The van der Waals surface area contributed by atoms with Gasteiger partial charge in [-0.2, -0.15) is 0 Å². The molecule has 0 saturated heterocycles. The van der Waals surface area contributed by atoms with E-state index < -0.39 is 5.91 Å². The van der Waals surface area contributed by atoms with E-state index in [2.05, 4.69) is 0 Å². The highest BCUT2D eigenvalue weighted by atomic mass is 35.5. The minimum Gasteiger partial charge on any atom is -0.365 e. The van der Waals surface area contributed by atoms with E-state index in [0.29, 0.717) is 9.90 Å². The Hall–Kier alpha value is -1.06. The number of nitrogens with two attached hydrogens (primary N) is 1. The first kappa shape index (κ1) is 8.53. The molecule has 4 heteroatoms. The maximum absolute atomic E-state index is 10.9. The molecule has 2 rings (SSSR count). The third-order valence-corrected chi connectivity index (χ3v) is 3.45. The first-order valence-electron chi connectivity index (χ1n) is 3.67. The third-order valence-electron chi connectivity index (χ3n) is 1.76. The number of carbonyl (C=O) groups excluding carboxylic acids is 1. The zero-order valence-electron chi connectivity index (χ0n) is 6.58. The van der Waals surface area contributed by atoms with Crippen LogP contribution in [0.2, 0.25) is 5.02 Å². The second-order valence-corrected chi connectivity index (χ2v) is 4.04. The van der Waals surface area contributed by atoms with E-state index in [0.717, 1.165) is 10.1 Å². The van der Waals surface area contributed by atoms with Crippen LogP contribution in [-0.4, -0.2) is 5.91 Å². The van der Waals surface area contributed by atoms with E-state index in [-0.39, 0.29) is 0 Å². The maximum Gasteiger partial charge on any atom is 0.260 e. The molecule has 0 bridgehead atoms. The van der Waals surface area contributed by atoms with E-state index in [1.807, 2.05) is 24.3 Å². The Morgan fingerprint density at radius 2 is 2.08 bits per heavy atom. The molecule has 0 radical (unpaired) electrons. The second-order valence-electron chi connectivity index (χ2n) is 2.61. The summed E-state index contributed by atoms with van der Waals surface area (Å²) in [6.07, 6.45) is 0. The monoisotopic (exact) mass is 211 g/mol. The summed E-state index contributed by atoms with van der Waals surface area (Å²) in [6, 6.07) is 7.57. The van der Waals surface area contributed by atoms with Gasteiger partial charge in [-0.05, 0) is 6.07 Å². The van der Waals surface area contributed by atoms with Crippen LogP contribution in [0.15, 0.2) is 24.3 Å². The molecule has 0 atom stereocenters. The average molecular weight is 212 g/mol. The van der Waals surface area contributed by atoms with E-state index in [9.17, 15) is 4.79 Å². The Morgan fingerprint density at radius 3 is 2.69 bits per heavy atom. The van der Waals surface area contributed by atoms with Crippen molar-refractivity contribution in [2.75, 3.05) is 0 Å². The predicted octanol–water partition coefficient (Wildman–Crippen LogP) is 2.65.